The predicted octanol–water partition coefficient (Wildman–Crippen LogP) is 2.52. The molecule has 0 saturated heterocycles. The van der Waals surface area contributed by atoms with Crippen LogP contribution >= 0.6 is 11.6 Å². The van der Waals surface area contributed by atoms with Crippen LogP contribution in [0.3, 0.4) is 0 Å². The minimum Gasteiger partial charge on any atom is -0.398 e. The van der Waals surface area contributed by atoms with E-state index in [2.05, 4.69) is 0 Å². The van der Waals surface area contributed by atoms with Gasteiger partial charge in [0.25, 0.3) is 0 Å². The zero-order valence-electron chi connectivity index (χ0n) is 12.9. The van der Waals surface area contributed by atoms with E-state index in [1.165, 1.54) is 17.5 Å². The van der Waals surface area contributed by atoms with Crippen LogP contribution in [0.2, 0.25) is 5.02 Å². The first kappa shape index (κ1) is 18.2. The average Bonchev–Trinajstić information content (AvgIpc) is 2.38. The molecule has 0 fully saturated rings. The summed E-state index contributed by atoms with van der Waals surface area (Å²) in [6.07, 6.45) is 0. The van der Waals surface area contributed by atoms with Crippen LogP contribution in [0.15, 0.2) is 17.0 Å². The molecule has 5 nitrogen and oxygen atoms in total. The molecule has 0 aliphatic rings. The van der Waals surface area contributed by atoms with E-state index in [9.17, 15) is 8.42 Å². The number of aryl methyl sites for hydroxylation is 1. The second-order valence-electron chi connectivity index (χ2n) is 5.39. The molecular formula is C14H23ClN2O3S. The lowest BCUT2D eigenvalue weighted by atomic mass is 10.2. The molecule has 21 heavy (non-hydrogen) atoms. The molecule has 0 radical (unpaired) electrons. The van der Waals surface area contributed by atoms with Gasteiger partial charge in [0.15, 0.2) is 0 Å². The van der Waals surface area contributed by atoms with Crippen LogP contribution < -0.4 is 5.73 Å². The van der Waals surface area contributed by atoms with Gasteiger partial charge in [0, 0.05) is 25.9 Å². The van der Waals surface area contributed by atoms with Crippen molar-refractivity contribution < 1.29 is 13.2 Å². The molecule has 0 heterocycles. The van der Waals surface area contributed by atoms with Gasteiger partial charge in [-0.05, 0) is 30.5 Å². The predicted molar refractivity (Wildman–Crippen MR) is 86.1 cm³/mol. The van der Waals surface area contributed by atoms with E-state index >= 15 is 0 Å². The molecular weight excluding hydrogens is 312 g/mol. The normalized spacial score (nSPS) is 12.3. The molecule has 0 atom stereocenters. The molecule has 0 spiro atoms. The van der Waals surface area contributed by atoms with Crippen LogP contribution in [0.1, 0.15) is 19.4 Å². The summed E-state index contributed by atoms with van der Waals surface area (Å²) in [4.78, 5) is 0.0454. The Balaban J connectivity index is 3.24. The zero-order chi connectivity index (χ0) is 16.2. The maximum Gasteiger partial charge on any atom is 0.244 e. The van der Waals surface area contributed by atoms with Crippen molar-refractivity contribution in [3.8, 4) is 0 Å². The number of methoxy groups -OCH3 is 1. The summed E-state index contributed by atoms with van der Waals surface area (Å²) < 4.78 is 32.0. The number of nitrogen functional groups attached to an aromatic ring is 1. The summed E-state index contributed by atoms with van der Waals surface area (Å²) >= 11 is 6.11. The van der Waals surface area contributed by atoms with Crippen LogP contribution in [0.4, 0.5) is 5.69 Å². The molecule has 2 N–H and O–H groups in total. The number of benzene rings is 1. The fourth-order valence-corrected chi connectivity index (χ4v) is 4.09. The average molecular weight is 335 g/mol. The number of sulfonamides is 1. The zero-order valence-corrected chi connectivity index (χ0v) is 14.5. The van der Waals surface area contributed by atoms with Crippen molar-refractivity contribution in [2.75, 3.05) is 32.5 Å². The van der Waals surface area contributed by atoms with E-state index < -0.39 is 10.0 Å². The molecule has 1 aromatic rings. The van der Waals surface area contributed by atoms with Crippen LogP contribution in [0.25, 0.3) is 0 Å². The Morgan fingerprint density at radius 1 is 1.38 bits per heavy atom. The van der Waals surface area contributed by atoms with Crippen molar-refractivity contribution in [3.05, 3.63) is 22.7 Å². The van der Waals surface area contributed by atoms with E-state index in [1.807, 2.05) is 13.8 Å². The second kappa shape index (κ2) is 7.45. The number of hydrogen-bond acceptors (Lipinski definition) is 4. The van der Waals surface area contributed by atoms with Crippen LogP contribution in [0, 0.1) is 12.8 Å². The highest BCUT2D eigenvalue weighted by atomic mass is 35.5. The molecule has 0 aromatic heterocycles. The Kier molecular flexibility index (Phi) is 6.46. The number of nitrogens with zero attached hydrogens (tertiary/aromatic N) is 1. The number of ether oxygens (including phenoxy) is 1. The lowest BCUT2D eigenvalue weighted by Crippen LogP contribution is -2.37. The monoisotopic (exact) mass is 334 g/mol. The summed E-state index contributed by atoms with van der Waals surface area (Å²) in [5.41, 5.74) is 6.99. The Morgan fingerprint density at radius 3 is 2.52 bits per heavy atom. The number of halogens is 1. The molecule has 7 heteroatoms. The summed E-state index contributed by atoms with van der Waals surface area (Å²) in [5, 5.41) is 0.188. The third-order valence-corrected chi connectivity index (χ3v) is 5.38. The number of anilines is 1. The van der Waals surface area contributed by atoms with Gasteiger partial charge < -0.3 is 10.5 Å². The number of nitrogens with two attached hydrogens (primary N) is 1. The van der Waals surface area contributed by atoms with E-state index in [0.29, 0.717) is 18.8 Å². The highest BCUT2D eigenvalue weighted by molar-refractivity contribution is 7.89. The van der Waals surface area contributed by atoms with Crippen LogP contribution in [0.5, 0.6) is 0 Å². The largest absolute Gasteiger partial charge is 0.398 e. The van der Waals surface area contributed by atoms with E-state index in [4.69, 9.17) is 22.1 Å². The molecule has 0 aliphatic heterocycles. The van der Waals surface area contributed by atoms with E-state index in [1.54, 1.807) is 13.0 Å². The van der Waals surface area contributed by atoms with Crippen molar-refractivity contribution in [1.82, 2.24) is 4.31 Å². The van der Waals surface area contributed by atoms with Crippen LogP contribution in [-0.4, -0.2) is 39.5 Å². The first-order chi connectivity index (χ1) is 9.70. The smallest absolute Gasteiger partial charge is 0.244 e. The molecule has 0 bridgehead atoms. The van der Waals surface area contributed by atoms with Crippen molar-refractivity contribution in [2.45, 2.75) is 25.7 Å². The van der Waals surface area contributed by atoms with Gasteiger partial charge in [-0.15, -0.1) is 0 Å². The van der Waals surface area contributed by atoms with Gasteiger partial charge in [-0.25, -0.2) is 8.42 Å². The van der Waals surface area contributed by atoms with Gasteiger partial charge in [0.05, 0.1) is 11.6 Å². The van der Waals surface area contributed by atoms with Crippen molar-refractivity contribution in [3.63, 3.8) is 0 Å². The molecule has 1 rings (SSSR count). The second-order valence-corrected chi connectivity index (χ2v) is 7.70. The van der Waals surface area contributed by atoms with E-state index in [-0.39, 0.29) is 22.4 Å². The molecule has 0 unspecified atom stereocenters. The molecule has 0 aliphatic carbocycles. The van der Waals surface area contributed by atoms with Crippen molar-refractivity contribution in [1.29, 1.82) is 0 Å². The van der Waals surface area contributed by atoms with Gasteiger partial charge in [-0.2, -0.15) is 4.31 Å². The lowest BCUT2D eigenvalue weighted by Gasteiger charge is -2.24. The molecule has 0 amide bonds. The SMILES string of the molecule is COCCN(CC(C)C)S(=O)(=O)c1cc(N)c(C)cc1Cl. The van der Waals surface area contributed by atoms with E-state index in [0.717, 1.165) is 5.56 Å². The summed E-state index contributed by atoms with van der Waals surface area (Å²) in [5.74, 6) is 0.193. The molecule has 0 saturated carbocycles. The molecule has 120 valence electrons. The van der Waals surface area contributed by atoms with Crippen molar-refractivity contribution >= 4 is 27.3 Å². The Morgan fingerprint density at radius 2 is 2.00 bits per heavy atom. The summed E-state index contributed by atoms with van der Waals surface area (Å²) in [6.45, 7) is 6.71. The third kappa shape index (κ3) is 4.57. The third-order valence-electron chi connectivity index (χ3n) is 3.05. The summed E-state index contributed by atoms with van der Waals surface area (Å²) in [7, 11) is -2.16. The number of rotatable bonds is 7. The highest BCUT2D eigenvalue weighted by Crippen LogP contribution is 2.29. The molecule has 1 aromatic carbocycles. The lowest BCUT2D eigenvalue weighted by molar-refractivity contribution is 0.175. The first-order valence-corrected chi connectivity index (χ1v) is 8.56. The Bertz CT molecular complexity index is 588. The standard InChI is InChI=1S/C14H23ClN2O3S/c1-10(2)9-17(5-6-20-4)21(18,19)14-8-13(16)11(3)7-12(14)15/h7-8,10H,5-6,9,16H2,1-4H3. The topological polar surface area (TPSA) is 72.6 Å². The van der Waals surface area contributed by atoms with Gasteiger partial charge in [-0.1, -0.05) is 25.4 Å². The number of hydrogen-bond donors (Lipinski definition) is 1. The minimum absolute atomic E-state index is 0.0454. The van der Waals surface area contributed by atoms with Gasteiger partial charge in [-0.3, -0.25) is 0 Å². The Labute approximate surface area is 132 Å². The Hall–Kier alpha value is -0.820. The quantitative estimate of drug-likeness (QED) is 0.778. The van der Waals surface area contributed by atoms with Gasteiger partial charge >= 0.3 is 0 Å². The van der Waals surface area contributed by atoms with Crippen LogP contribution in [-0.2, 0) is 14.8 Å². The highest BCUT2D eigenvalue weighted by Gasteiger charge is 2.27. The minimum atomic E-state index is -3.70. The maximum atomic E-state index is 12.8. The first-order valence-electron chi connectivity index (χ1n) is 6.74. The maximum absolute atomic E-state index is 12.8. The fraction of sp³-hybridized carbons (Fsp3) is 0.571. The van der Waals surface area contributed by atoms with Gasteiger partial charge in [0.2, 0.25) is 10.0 Å². The summed E-state index contributed by atoms with van der Waals surface area (Å²) in [6, 6.07) is 3.00. The fourth-order valence-electron chi connectivity index (χ4n) is 1.92. The van der Waals surface area contributed by atoms with Crippen molar-refractivity contribution in [2.24, 2.45) is 5.92 Å². The van der Waals surface area contributed by atoms with Gasteiger partial charge in [0.1, 0.15) is 4.90 Å².